The molecule has 0 amide bonds. The Bertz CT molecular complexity index is 317. The van der Waals surface area contributed by atoms with Crippen LogP contribution in [0.1, 0.15) is 13.8 Å². The summed E-state index contributed by atoms with van der Waals surface area (Å²) in [5.41, 5.74) is 0. The lowest BCUT2D eigenvalue weighted by molar-refractivity contribution is 0.232. The van der Waals surface area contributed by atoms with Gasteiger partial charge >= 0.3 is 0 Å². The first-order chi connectivity index (χ1) is 7.63. The summed E-state index contributed by atoms with van der Waals surface area (Å²) in [4.78, 5) is 10.5. The van der Waals surface area contributed by atoms with E-state index >= 15 is 0 Å². The molecule has 0 aliphatic heterocycles. The Labute approximate surface area is 96.8 Å². The fraction of sp³-hybridized carbons (Fsp3) is 0.636. The third-order valence-electron chi connectivity index (χ3n) is 2.01. The molecule has 0 bridgehead atoms. The summed E-state index contributed by atoms with van der Waals surface area (Å²) in [5, 5.41) is 3.09. The molecule has 0 radical (unpaired) electrons. The summed E-state index contributed by atoms with van der Waals surface area (Å²) in [6.07, 6.45) is 1.85. The molecule has 5 heteroatoms. The average Bonchev–Trinajstić information content (AvgIpc) is 2.25. The molecular weight excluding hydrogens is 204 g/mol. The molecule has 1 rings (SSSR count). The van der Waals surface area contributed by atoms with Gasteiger partial charge in [-0.25, -0.2) is 4.98 Å². The zero-order valence-corrected chi connectivity index (χ0v) is 10.4. The number of rotatable bonds is 6. The second kappa shape index (κ2) is 6.27. The van der Waals surface area contributed by atoms with Crippen molar-refractivity contribution in [3.63, 3.8) is 0 Å². The maximum Gasteiger partial charge on any atom is 0.228 e. The van der Waals surface area contributed by atoms with E-state index in [9.17, 15) is 0 Å². The van der Waals surface area contributed by atoms with E-state index in [1.54, 1.807) is 12.3 Å². The van der Waals surface area contributed by atoms with Crippen LogP contribution in [0.15, 0.2) is 12.3 Å². The predicted octanol–water partition coefficient (Wildman–Crippen LogP) is 0.919. The number of ether oxygens (including phenoxy) is 1. The summed E-state index contributed by atoms with van der Waals surface area (Å²) < 4.78 is 5.52. The zero-order valence-electron chi connectivity index (χ0n) is 10.4. The predicted molar refractivity (Wildman–Crippen MR) is 65.0 cm³/mol. The van der Waals surface area contributed by atoms with Gasteiger partial charge in [-0.2, -0.15) is 4.98 Å². The highest BCUT2D eigenvalue weighted by Crippen LogP contribution is 2.12. The Hall–Kier alpha value is -1.36. The Morgan fingerprint density at radius 2 is 2.25 bits per heavy atom. The lowest BCUT2D eigenvalue weighted by Gasteiger charge is -2.17. The number of hydrogen-bond donors (Lipinski definition) is 1. The van der Waals surface area contributed by atoms with Crippen molar-refractivity contribution >= 4 is 5.95 Å². The first-order valence-electron chi connectivity index (χ1n) is 5.49. The lowest BCUT2D eigenvalue weighted by Crippen LogP contribution is -2.28. The van der Waals surface area contributed by atoms with E-state index in [2.05, 4.69) is 15.3 Å². The smallest absolute Gasteiger partial charge is 0.228 e. The van der Waals surface area contributed by atoms with Crippen LogP contribution < -0.4 is 15.0 Å². The van der Waals surface area contributed by atoms with Crippen LogP contribution in [0.25, 0.3) is 0 Å². The van der Waals surface area contributed by atoms with Crippen LogP contribution in [0.2, 0.25) is 0 Å². The Morgan fingerprint density at radius 1 is 1.50 bits per heavy atom. The molecule has 16 heavy (non-hydrogen) atoms. The molecule has 1 N–H and O–H groups in total. The van der Waals surface area contributed by atoms with Crippen LogP contribution in [-0.4, -0.2) is 43.3 Å². The average molecular weight is 224 g/mol. The highest BCUT2D eigenvalue weighted by Gasteiger charge is 2.06. The van der Waals surface area contributed by atoms with E-state index in [4.69, 9.17) is 4.74 Å². The molecule has 0 atom stereocenters. The van der Waals surface area contributed by atoms with E-state index in [-0.39, 0.29) is 6.10 Å². The highest BCUT2D eigenvalue weighted by atomic mass is 16.5. The van der Waals surface area contributed by atoms with Gasteiger partial charge in [-0.3, -0.25) is 0 Å². The summed E-state index contributed by atoms with van der Waals surface area (Å²) in [7, 11) is 3.89. The largest absolute Gasteiger partial charge is 0.475 e. The van der Waals surface area contributed by atoms with Gasteiger partial charge in [0.15, 0.2) is 0 Å². The standard InChI is InChI=1S/C11H20N4O/c1-9(2)16-10-5-6-13-11(14-10)15(4)8-7-12-3/h5-6,9,12H,7-8H2,1-4H3. The fourth-order valence-corrected chi connectivity index (χ4v) is 1.20. The van der Waals surface area contributed by atoms with Crippen molar-refractivity contribution < 1.29 is 4.74 Å². The number of hydrogen-bond acceptors (Lipinski definition) is 5. The summed E-state index contributed by atoms with van der Waals surface area (Å²) in [6, 6.07) is 1.77. The molecule has 0 spiro atoms. The number of nitrogens with one attached hydrogen (secondary N) is 1. The van der Waals surface area contributed by atoms with Gasteiger partial charge in [0.1, 0.15) is 0 Å². The Balaban J connectivity index is 2.65. The molecule has 0 aliphatic rings. The minimum atomic E-state index is 0.130. The van der Waals surface area contributed by atoms with Gasteiger partial charge in [0.25, 0.3) is 0 Å². The van der Waals surface area contributed by atoms with Gasteiger partial charge < -0.3 is 15.0 Å². The normalized spacial score (nSPS) is 10.6. The molecule has 1 aromatic rings. The van der Waals surface area contributed by atoms with Crippen molar-refractivity contribution in [3.05, 3.63) is 12.3 Å². The third-order valence-corrected chi connectivity index (χ3v) is 2.01. The molecule has 5 nitrogen and oxygen atoms in total. The first-order valence-corrected chi connectivity index (χ1v) is 5.49. The van der Waals surface area contributed by atoms with Crippen molar-refractivity contribution in [2.45, 2.75) is 20.0 Å². The summed E-state index contributed by atoms with van der Waals surface area (Å²) in [5.74, 6) is 1.31. The third kappa shape index (κ3) is 4.02. The maximum absolute atomic E-state index is 5.52. The second-order valence-electron chi connectivity index (χ2n) is 3.89. The quantitative estimate of drug-likeness (QED) is 0.778. The molecule has 90 valence electrons. The van der Waals surface area contributed by atoms with Crippen LogP contribution in [-0.2, 0) is 0 Å². The molecular formula is C11H20N4O. The van der Waals surface area contributed by atoms with Gasteiger partial charge in [-0.15, -0.1) is 0 Å². The Kier molecular flexibility index (Phi) is 4.98. The van der Waals surface area contributed by atoms with Crippen molar-refractivity contribution in [3.8, 4) is 5.88 Å². The molecule has 0 aromatic carbocycles. The van der Waals surface area contributed by atoms with Gasteiger partial charge in [0.2, 0.25) is 11.8 Å². The van der Waals surface area contributed by atoms with Gasteiger partial charge in [-0.1, -0.05) is 0 Å². The maximum atomic E-state index is 5.52. The van der Waals surface area contributed by atoms with Gasteiger partial charge in [-0.05, 0) is 20.9 Å². The van der Waals surface area contributed by atoms with E-state index in [1.807, 2.05) is 32.8 Å². The summed E-state index contributed by atoms with van der Waals surface area (Å²) in [6.45, 7) is 5.72. The monoisotopic (exact) mass is 224 g/mol. The highest BCUT2D eigenvalue weighted by molar-refractivity contribution is 5.30. The Morgan fingerprint density at radius 3 is 2.88 bits per heavy atom. The molecule has 1 heterocycles. The fourth-order valence-electron chi connectivity index (χ4n) is 1.20. The number of anilines is 1. The van der Waals surface area contributed by atoms with Crippen LogP contribution >= 0.6 is 0 Å². The molecule has 0 fully saturated rings. The molecule has 0 saturated carbocycles. The molecule has 0 aliphatic carbocycles. The van der Waals surface area contributed by atoms with Crippen molar-refractivity contribution in [1.29, 1.82) is 0 Å². The SMILES string of the molecule is CNCCN(C)c1nccc(OC(C)C)n1. The number of nitrogens with zero attached hydrogens (tertiary/aromatic N) is 3. The topological polar surface area (TPSA) is 50.3 Å². The summed E-state index contributed by atoms with van der Waals surface area (Å²) >= 11 is 0. The van der Waals surface area contributed by atoms with E-state index in [0.29, 0.717) is 11.8 Å². The van der Waals surface area contributed by atoms with Gasteiger partial charge in [0.05, 0.1) is 6.10 Å². The van der Waals surface area contributed by atoms with E-state index in [0.717, 1.165) is 13.1 Å². The molecule has 0 saturated heterocycles. The number of likely N-dealkylation sites (N-methyl/N-ethyl adjacent to an activating group) is 2. The first kappa shape index (κ1) is 12.7. The van der Waals surface area contributed by atoms with E-state index in [1.165, 1.54) is 0 Å². The van der Waals surface area contributed by atoms with Crippen LogP contribution in [0, 0.1) is 0 Å². The molecule has 1 aromatic heterocycles. The minimum absolute atomic E-state index is 0.130. The van der Waals surface area contributed by atoms with E-state index < -0.39 is 0 Å². The lowest BCUT2D eigenvalue weighted by atomic mass is 10.5. The van der Waals surface area contributed by atoms with Gasteiger partial charge in [0, 0.05) is 32.4 Å². The van der Waals surface area contributed by atoms with Crippen LogP contribution in [0.5, 0.6) is 5.88 Å². The zero-order chi connectivity index (χ0) is 12.0. The van der Waals surface area contributed by atoms with Crippen LogP contribution in [0.3, 0.4) is 0 Å². The number of aromatic nitrogens is 2. The minimum Gasteiger partial charge on any atom is -0.475 e. The van der Waals surface area contributed by atoms with Crippen LogP contribution in [0.4, 0.5) is 5.95 Å². The second-order valence-corrected chi connectivity index (χ2v) is 3.89. The van der Waals surface area contributed by atoms with Crippen molar-refractivity contribution in [1.82, 2.24) is 15.3 Å². The van der Waals surface area contributed by atoms with Crippen molar-refractivity contribution in [2.24, 2.45) is 0 Å². The van der Waals surface area contributed by atoms with Crippen molar-refractivity contribution in [2.75, 3.05) is 32.1 Å². The molecule has 0 unspecified atom stereocenters.